The third kappa shape index (κ3) is 4.56. The van der Waals surface area contributed by atoms with Crippen LogP contribution in [-0.2, 0) is 4.79 Å². The van der Waals surface area contributed by atoms with E-state index in [-0.39, 0.29) is 11.8 Å². The molecule has 9 heteroatoms. The number of aryl methyl sites for hydroxylation is 1. The van der Waals surface area contributed by atoms with Crippen LogP contribution in [0.4, 0.5) is 5.82 Å². The van der Waals surface area contributed by atoms with E-state index in [1.54, 1.807) is 7.11 Å². The number of nitrogens with zero attached hydrogens (tertiary/aromatic N) is 4. The number of ether oxygens (including phenoxy) is 1. The zero-order valence-corrected chi connectivity index (χ0v) is 17.4. The van der Waals surface area contributed by atoms with Crippen molar-refractivity contribution in [2.75, 3.05) is 25.5 Å². The summed E-state index contributed by atoms with van der Waals surface area (Å²) in [6.07, 6.45) is 1.71. The lowest BCUT2D eigenvalue weighted by Crippen LogP contribution is -2.44. The predicted molar refractivity (Wildman–Crippen MR) is 113 cm³/mol. The smallest absolute Gasteiger partial charge is 0.237 e. The second-order valence-electron chi connectivity index (χ2n) is 7.42. The number of hydrogen-bond donors (Lipinski definition) is 3. The van der Waals surface area contributed by atoms with Crippen LogP contribution < -0.4 is 21.1 Å². The summed E-state index contributed by atoms with van der Waals surface area (Å²) in [5.74, 6) is 2.25. The van der Waals surface area contributed by atoms with Crippen LogP contribution in [0, 0.1) is 12.8 Å². The standard InChI is InChI=1S/C20H29N7O2/c1-12(2)17(21)20(28)23-10-6-5-9-22-18-19-26-25-13(3)27(19)16-8-7-14(29-4)11-15(16)24-18/h7-8,11-12,17H,5-6,9-10,21H2,1-4H3,(H,22,24)(H,23,28). The van der Waals surface area contributed by atoms with E-state index in [2.05, 4.69) is 20.8 Å². The maximum Gasteiger partial charge on any atom is 0.237 e. The molecular weight excluding hydrogens is 370 g/mol. The van der Waals surface area contributed by atoms with E-state index in [1.165, 1.54) is 0 Å². The number of methoxy groups -OCH3 is 1. The van der Waals surface area contributed by atoms with Crippen LogP contribution in [0.2, 0.25) is 0 Å². The minimum atomic E-state index is -0.462. The molecular formula is C20H29N7O2. The number of anilines is 1. The van der Waals surface area contributed by atoms with Crippen molar-refractivity contribution in [1.82, 2.24) is 24.9 Å². The Hall–Kier alpha value is -2.94. The van der Waals surface area contributed by atoms with Gasteiger partial charge in [0.15, 0.2) is 5.82 Å². The fraction of sp³-hybridized carbons (Fsp3) is 0.500. The van der Waals surface area contributed by atoms with E-state index in [0.717, 1.165) is 35.4 Å². The Labute approximate surface area is 170 Å². The molecule has 4 N–H and O–H groups in total. The lowest BCUT2D eigenvalue weighted by atomic mass is 10.1. The van der Waals surface area contributed by atoms with Crippen LogP contribution >= 0.6 is 0 Å². The molecule has 0 aliphatic rings. The molecule has 9 nitrogen and oxygen atoms in total. The van der Waals surface area contributed by atoms with Gasteiger partial charge in [-0.15, -0.1) is 10.2 Å². The summed E-state index contributed by atoms with van der Waals surface area (Å²) >= 11 is 0. The Morgan fingerprint density at radius 3 is 2.72 bits per heavy atom. The number of fused-ring (bicyclic) bond motifs is 3. The number of nitrogens with two attached hydrogens (primary N) is 1. The number of benzene rings is 1. The molecule has 0 saturated carbocycles. The average Bonchev–Trinajstić information content (AvgIpc) is 3.11. The molecule has 3 rings (SSSR count). The minimum Gasteiger partial charge on any atom is -0.497 e. The van der Waals surface area contributed by atoms with Gasteiger partial charge in [-0.3, -0.25) is 9.20 Å². The molecule has 0 spiro atoms. The van der Waals surface area contributed by atoms with Gasteiger partial charge in [0, 0.05) is 19.2 Å². The molecule has 0 saturated heterocycles. The summed E-state index contributed by atoms with van der Waals surface area (Å²) in [5, 5.41) is 14.7. The normalized spacial score (nSPS) is 12.5. The lowest BCUT2D eigenvalue weighted by molar-refractivity contribution is -0.123. The first-order chi connectivity index (χ1) is 13.9. The molecule has 3 aromatic rings. The quantitative estimate of drug-likeness (QED) is 0.470. The summed E-state index contributed by atoms with van der Waals surface area (Å²) in [7, 11) is 1.63. The monoisotopic (exact) mass is 399 g/mol. The first-order valence-corrected chi connectivity index (χ1v) is 9.89. The SMILES string of the molecule is COc1ccc2c(c1)nc(NCCCCNC(=O)C(N)C(C)C)c1nnc(C)n12. The van der Waals surface area contributed by atoms with Gasteiger partial charge in [-0.25, -0.2) is 4.98 Å². The van der Waals surface area contributed by atoms with Crippen molar-refractivity contribution in [3.8, 4) is 5.75 Å². The summed E-state index contributed by atoms with van der Waals surface area (Å²) in [6, 6.07) is 5.29. The largest absolute Gasteiger partial charge is 0.497 e. The van der Waals surface area contributed by atoms with Crippen molar-refractivity contribution in [1.29, 1.82) is 0 Å². The Kier molecular flexibility index (Phi) is 6.48. The number of aromatic nitrogens is 4. The number of carbonyl (C=O) groups excluding carboxylic acids is 1. The molecule has 1 aromatic carbocycles. The highest BCUT2D eigenvalue weighted by molar-refractivity contribution is 5.84. The van der Waals surface area contributed by atoms with E-state index in [9.17, 15) is 4.79 Å². The molecule has 0 radical (unpaired) electrons. The Bertz CT molecular complexity index is 999. The van der Waals surface area contributed by atoms with E-state index in [4.69, 9.17) is 15.5 Å². The zero-order chi connectivity index (χ0) is 21.0. The Morgan fingerprint density at radius 1 is 1.24 bits per heavy atom. The second-order valence-corrected chi connectivity index (χ2v) is 7.42. The third-order valence-corrected chi connectivity index (χ3v) is 4.91. The Balaban J connectivity index is 1.63. The molecule has 0 fully saturated rings. The molecule has 2 aromatic heterocycles. The molecule has 1 atom stereocenters. The van der Waals surface area contributed by atoms with Crippen molar-refractivity contribution in [2.24, 2.45) is 11.7 Å². The van der Waals surface area contributed by atoms with Gasteiger partial charge < -0.3 is 21.1 Å². The molecule has 0 bridgehead atoms. The van der Waals surface area contributed by atoms with E-state index in [0.29, 0.717) is 24.6 Å². The number of hydrogen-bond acceptors (Lipinski definition) is 7. The molecule has 29 heavy (non-hydrogen) atoms. The van der Waals surface area contributed by atoms with Gasteiger partial charge in [0.25, 0.3) is 0 Å². The van der Waals surface area contributed by atoms with E-state index >= 15 is 0 Å². The Morgan fingerprint density at radius 2 is 2.00 bits per heavy atom. The topological polar surface area (TPSA) is 119 Å². The zero-order valence-electron chi connectivity index (χ0n) is 17.4. The number of unbranched alkanes of at least 4 members (excludes halogenated alkanes) is 1. The maximum absolute atomic E-state index is 11.9. The number of carbonyl (C=O) groups is 1. The second kappa shape index (κ2) is 9.04. The first kappa shape index (κ1) is 20.8. The molecule has 1 unspecified atom stereocenters. The third-order valence-electron chi connectivity index (χ3n) is 4.91. The number of rotatable bonds is 9. The molecule has 2 heterocycles. The number of amides is 1. The molecule has 0 aliphatic heterocycles. The van der Waals surface area contributed by atoms with Crippen LogP contribution in [0.15, 0.2) is 18.2 Å². The van der Waals surface area contributed by atoms with Crippen molar-refractivity contribution in [3.63, 3.8) is 0 Å². The van der Waals surface area contributed by atoms with Crippen LogP contribution in [0.25, 0.3) is 16.7 Å². The van der Waals surface area contributed by atoms with Crippen LogP contribution in [0.3, 0.4) is 0 Å². The summed E-state index contributed by atoms with van der Waals surface area (Å²) < 4.78 is 7.30. The van der Waals surface area contributed by atoms with E-state index in [1.807, 2.05) is 43.4 Å². The van der Waals surface area contributed by atoms with Gasteiger partial charge in [-0.1, -0.05) is 13.8 Å². The molecule has 156 valence electrons. The highest BCUT2D eigenvalue weighted by atomic mass is 16.5. The van der Waals surface area contributed by atoms with Gasteiger partial charge in [0.2, 0.25) is 11.6 Å². The van der Waals surface area contributed by atoms with Crippen molar-refractivity contribution in [3.05, 3.63) is 24.0 Å². The van der Waals surface area contributed by atoms with Crippen LogP contribution in [-0.4, -0.2) is 51.7 Å². The lowest BCUT2D eigenvalue weighted by Gasteiger charge is -2.15. The number of nitrogens with one attached hydrogen (secondary N) is 2. The van der Waals surface area contributed by atoms with Gasteiger partial charge in [0.05, 0.1) is 24.2 Å². The van der Waals surface area contributed by atoms with Crippen LogP contribution in [0.5, 0.6) is 5.75 Å². The predicted octanol–water partition coefficient (Wildman–Crippen LogP) is 1.89. The van der Waals surface area contributed by atoms with Gasteiger partial charge in [-0.2, -0.15) is 0 Å². The summed E-state index contributed by atoms with van der Waals surface area (Å²) in [6.45, 7) is 7.09. The van der Waals surface area contributed by atoms with Gasteiger partial charge >= 0.3 is 0 Å². The summed E-state index contributed by atoms with van der Waals surface area (Å²) in [5.41, 5.74) is 8.26. The van der Waals surface area contributed by atoms with E-state index < -0.39 is 6.04 Å². The van der Waals surface area contributed by atoms with Crippen molar-refractivity contribution < 1.29 is 9.53 Å². The minimum absolute atomic E-state index is 0.0984. The van der Waals surface area contributed by atoms with Crippen molar-refractivity contribution in [2.45, 2.75) is 39.7 Å². The maximum atomic E-state index is 11.9. The molecule has 0 aliphatic carbocycles. The summed E-state index contributed by atoms with van der Waals surface area (Å²) in [4.78, 5) is 16.6. The highest BCUT2D eigenvalue weighted by Gasteiger charge is 2.16. The molecule has 1 amide bonds. The first-order valence-electron chi connectivity index (χ1n) is 9.89. The fourth-order valence-corrected chi connectivity index (χ4v) is 3.09. The van der Waals surface area contributed by atoms with Crippen LogP contribution in [0.1, 0.15) is 32.5 Å². The van der Waals surface area contributed by atoms with Gasteiger partial charge in [-0.05, 0) is 37.8 Å². The van der Waals surface area contributed by atoms with Gasteiger partial charge in [0.1, 0.15) is 11.6 Å². The van der Waals surface area contributed by atoms with Crippen molar-refractivity contribution >= 4 is 28.4 Å². The highest BCUT2D eigenvalue weighted by Crippen LogP contribution is 2.24. The average molecular weight is 399 g/mol. The fourth-order valence-electron chi connectivity index (χ4n) is 3.09.